The second-order valence-electron chi connectivity index (χ2n) is 2.60. The molecule has 0 atom stereocenters. The Labute approximate surface area is 56.6 Å². The third kappa shape index (κ3) is 2.50. The Bertz CT molecular complexity index is 109. The standard InChI is InChI=1S/C7H14N2/c1-3-4-7(2,5-8)6-9/h1H,4-6,8-9H2,2H3. The molecule has 0 aliphatic heterocycles. The highest BCUT2D eigenvalue weighted by Crippen LogP contribution is 2.15. The molecule has 0 aromatic heterocycles. The minimum Gasteiger partial charge on any atom is -0.330 e. The van der Waals surface area contributed by atoms with Crippen LogP contribution in [-0.4, -0.2) is 13.1 Å². The molecule has 0 saturated heterocycles. The molecule has 0 aliphatic carbocycles. The van der Waals surface area contributed by atoms with Crippen LogP contribution in [0.4, 0.5) is 0 Å². The lowest BCUT2D eigenvalue weighted by Gasteiger charge is -2.22. The van der Waals surface area contributed by atoms with Gasteiger partial charge in [0.25, 0.3) is 0 Å². The fourth-order valence-corrected chi connectivity index (χ4v) is 0.474. The van der Waals surface area contributed by atoms with Crippen molar-refractivity contribution in [1.29, 1.82) is 0 Å². The topological polar surface area (TPSA) is 52.0 Å². The second-order valence-corrected chi connectivity index (χ2v) is 2.60. The predicted molar refractivity (Wildman–Crippen MR) is 39.7 cm³/mol. The molecular weight excluding hydrogens is 112 g/mol. The van der Waals surface area contributed by atoms with E-state index < -0.39 is 0 Å². The molecule has 9 heavy (non-hydrogen) atoms. The van der Waals surface area contributed by atoms with Gasteiger partial charge in [0, 0.05) is 11.8 Å². The summed E-state index contributed by atoms with van der Waals surface area (Å²) < 4.78 is 0. The SMILES string of the molecule is C#CCC(C)(CN)CN. The molecule has 0 aromatic rings. The van der Waals surface area contributed by atoms with Crippen molar-refractivity contribution < 1.29 is 0 Å². The molecule has 0 radical (unpaired) electrons. The third-order valence-corrected chi connectivity index (χ3v) is 1.51. The summed E-state index contributed by atoms with van der Waals surface area (Å²) >= 11 is 0. The number of rotatable bonds is 3. The van der Waals surface area contributed by atoms with Crippen LogP contribution in [0.3, 0.4) is 0 Å². The van der Waals surface area contributed by atoms with E-state index >= 15 is 0 Å². The maximum atomic E-state index is 5.43. The van der Waals surface area contributed by atoms with Crippen molar-refractivity contribution in [2.45, 2.75) is 13.3 Å². The van der Waals surface area contributed by atoms with Crippen LogP contribution >= 0.6 is 0 Å². The van der Waals surface area contributed by atoms with Crippen molar-refractivity contribution in [2.24, 2.45) is 16.9 Å². The Hall–Kier alpha value is -0.520. The Kier molecular flexibility index (Phi) is 3.29. The van der Waals surface area contributed by atoms with Crippen molar-refractivity contribution in [3.05, 3.63) is 0 Å². The van der Waals surface area contributed by atoms with Crippen molar-refractivity contribution in [3.63, 3.8) is 0 Å². The predicted octanol–water partition coefficient (Wildman–Crippen LogP) is -0.0666. The van der Waals surface area contributed by atoms with Gasteiger partial charge in [0.2, 0.25) is 0 Å². The number of hydrogen-bond acceptors (Lipinski definition) is 2. The summed E-state index contributed by atoms with van der Waals surface area (Å²) in [5, 5.41) is 0. The highest BCUT2D eigenvalue weighted by atomic mass is 14.7. The van der Waals surface area contributed by atoms with Gasteiger partial charge in [0.15, 0.2) is 0 Å². The van der Waals surface area contributed by atoms with Crippen molar-refractivity contribution in [3.8, 4) is 12.3 Å². The van der Waals surface area contributed by atoms with Crippen LogP contribution in [0.1, 0.15) is 13.3 Å². The van der Waals surface area contributed by atoms with Crippen LogP contribution in [0.5, 0.6) is 0 Å². The molecule has 2 nitrogen and oxygen atoms in total. The summed E-state index contributed by atoms with van der Waals surface area (Å²) in [6, 6.07) is 0. The molecular formula is C7H14N2. The average Bonchev–Trinajstić information content (AvgIpc) is 1.89. The molecule has 4 N–H and O–H groups in total. The van der Waals surface area contributed by atoms with Gasteiger partial charge in [-0.1, -0.05) is 6.92 Å². The average molecular weight is 126 g/mol. The summed E-state index contributed by atoms with van der Waals surface area (Å²) in [6.07, 6.45) is 5.77. The van der Waals surface area contributed by atoms with E-state index in [0.717, 1.165) is 0 Å². The Morgan fingerprint density at radius 2 is 1.89 bits per heavy atom. The fraction of sp³-hybridized carbons (Fsp3) is 0.714. The first kappa shape index (κ1) is 8.48. The van der Waals surface area contributed by atoms with E-state index in [2.05, 4.69) is 5.92 Å². The maximum absolute atomic E-state index is 5.43. The monoisotopic (exact) mass is 126 g/mol. The summed E-state index contributed by atoms with van der Waals surface area (Å²) in [4.78, 5) is 0. The van der Waals surface area contributed by atoms with E-state index in [0.29, 0.717) is 19.5 Å². The van der Waals surface area contributed by atoms with Gasteiger partial charge in [0.05, 0.1) is 0 Å². The highest BCUT2D eigenvalue weighted by molar-refractivity contribution is 4.93. The van der Waals surface area contributed by atoms with E-state index in [9.17, 15) is 0 Å². The zero-order valence-electron chi connectivity index (χ0n) is 5.85. The van der Waals surface area contributed by atoms with Crippen molar-refractivity contribution in [1.82, 2.24) is 0 Å². The number of hydrogen-bond donors (Lipinski definition) is 2. The van der Waals surface area contributed by atoms with Crippen LogP contribution in [0, 0.1) is 17.8 Å². The van der Waals surface area contributed by atoms with Crippen LogP contribution in [0.2, 0.25) is 0 Å². The van der Waals surface area contributed by atoms with Crippen molar-refractivity contribution >= 4 is 0 Å². The number of nitrogens with two attached hydrogens (primary N) is 2. The van der Waals surface area contributed by atoms with Crippen LogP contribution < -0.4 is 11.5 Å². The molecule has 0 aromatic carbocycles. The number of terminal acetylenes is 1. The minimum absolute atomic E-state index is 0.0469. The first-order chi connectivity index (χ1) is 4.18. The zero-order valence-corrected chi connectivity index (χ0v) is 5.85. The lowest BCUT2D eigenvalue weighted by Crippen LogP contribution is -2.34. The Morgan fingerprint density at radius 3 is 2.00 bits per heavy atom. The normalized spacial score (nSPS) is 10.9. The largest absolute Gasteiger partial charge is 0.330 e. The third-order valence-electron chi connectivity index (χ3n) is 1.51. The van der Waals surface area contributed by atoms with Gasteiger partial charge in [-0.15, -0.1) is 12.3 Å². The fourth-order valence-electron chi connectivity index (χ4n) is 0.474. The second kappa shape index (κ2) is 3.49. The van der Waals surface area contributed by atoms with Gasteiger partial charge in [-0.05, 0) is 13.1 Å². The van der Waals surface area contributed by atoms with Crippen molar-refractivity contribution in [2.75, 3.05) is 13.1 Å². The van der Waals surface area contributed by atoms with Gasteiger partial charge in [-0.2, -0.15) is 0 Å². The molecule has 0 rings (SSSR count). The smallest absolute Gasteiger partial charge is 0.0164 e. The molecule has 0 bridgehead atoms. The van der Waals surface area contributed by atoms with Gasteiger partial charge < -0.3 is 11.5 Å². The minimum atomic E-state index is -0.0469. The quantitative estimate of drug-likeness (QED) is 0.520. The first-order valence-electron chi connectivity index (χ1n) is 3.02. The summed E-state index contributed by atoms with van der Waals surface area (Å²) in [7, 11) is 0. The summed E-state index contributed by atoms with van der Waals surface area (Å²) in [6.45, 7) is 3.12. The maximum Gasteiger partial charge on any atom is 0.0164 e. The summed E-state index contributed by atoms with van der Waals surface area (Å²) in [5.41, 5.74) is 10.8. The molecule has 0 amide bonds. The van der Waals surface area contributed by atoms with E-state index in [1.807, 2.05) is 6.92 Å². The van der Waals surface area contributed by atoms with Crippen LogP contribution in [0.25, 0.3) is 0 Å². The molecule has 0 spiro atoms. The molecule has 0 saturated carbocycles. The van der Waals surface area contributed by atoms with Gasteiger partial charge in [-0.25, -0.2) is 0 Å². The molecule has 52 valence electrons. The molecule has 0 aliphatic rings. The zero-order chi connectivity index (χ0) is 7.33. The van der Waals surface area contributed by atoms with Gasteiger partial charge in [-0.3, -0.25) is 0 Å². The van der Waals surface area contributed by atoms with Gasteiger partial charge >= 0.3 is 0 Å². The lowest BCUT2D eigenvalue weighted by atomic mass is 9.88. The first-order valence-corrected chi connectivity index (χ1v) is 3.02. The molecule has 0 fully saturated rings. The van der Waals surface area contributed by atoms with Crippen LogP contribution in [0.15, 0.2) is 0 Å². The Balaban J connectivity index is 3.80. The molecule has 2 heteroatoms. The van der Waals surface area contributed by atoms with E-state index in [-0.39, 0.29) is 5.41 Å². The van der Waals surface area contributed by atoms with E-state index in [4.69, 9.17) is 17.9 Å². The van der Waals surface area contributed by atoms with Gasteiger partial charge in [0.1, 0.15) is 0 Å². The molecule has 0 heterocycles. The Morgan fingerprint density at radius 1 is 1.44 bits per heavy atom. The highest BCUT2D eigenvalue weighted by Gasteiger charge is 2.18. The molecule has 0 unspecified atom stereocenters. The van der Waals surface area contributed by atoms with E-state index in [1.165, 1.54) is 0 Å². The summed E-state index contributed by atoms with van der Waals surface area (Å²) in [5.74, 6) is 2.55. The van der Waals surface area contributed by atoms with E-state index in [1.54, 1.807) is 0 Å². The van der Waals surface area contributed by atoms with Crippen LogP contribution in [-0.2, 0) is 0 Å². The lowest BCUT2D eigenvalue weighted by molar-refractivity contribution is 0.359.